The van der Waals surface area contributed by atoms with Gasteiger partial charge >= 0.3 is 19.5 Å². The SMILES string of the molecule is CCO.O.[O-][Cl+3]([O-])([O-])[O-].[O-][Cl+3]([O-])([O-])[O-].[Zn+2].c1cnc2c(c1)ccc1cccnc12.c1cnc2c(c1)ccc1cccnc12.c1cnc2c(c1)ccc1cccnc12. The molecule has 0 spiro atoms. The first-order chi connectivity index (χ1) is 26.3. The average Bonchev–Trinajstić information content (AvgIpc) is 3.17. The van der Waals surface area contributed by atoms with Gasteiger partial charge in [0.2, 0.25) is 0 Å². The molecule has 16 nitrogen and oxygen atoms in total. The van der Waals surface area contributed by atoms with Crippen molar-refractivity contribution < 1.29 is 87.8 Å². The van der Waals surface area contributed by atoms with Crippen molar-refractivity contribution in [3.63, 3.8) is 0 Å². The zero-order valence-electron chi connectivity index (χ0n) is 29.9. The van der Waals surface area contributed by atoms with Gasteiger partial charge in [-0.2, -0.15) is 0 Å². The van der Waals surface area contributed by atoms with Crippen molar-refractivity contribution in [2.45, 2.75) is 6.92 Å². The number of aromatic nitrogens is 6. The summed E-state index contributed by atoms with van der Waals surface area (Å²) in [6.07, 6.45) is 10.8. The van der Waals surface area contributed by atoms with Crippen LogP contribution in [0.5, 0.6) is 0 Å². The third-order valence-electron chi connectivity index (χ3n) is 7.03. The zero-order valence-corrected chi connectivity index (χ0v) is 34.4. The van der Waals surface area contributed by atoms with Gasteiger partial charge in [-0.05, 0) is 43.3 Å². The summed E-state index contributed by atoms with van der Waals surface area (Å²) in [5, 5.41) is 14.4. The predicted molar refractivity (Wildman–Crippen MR) is 188 cm³/mol. The average molecular weight is 869 g/mol. The molecular weight excluding hydrogens is 837 g/mol. The molecule has 0 aliphatic carbocycles. The van der Waals surface area contributed by atoms with Crippen LogP contribution in [-0.4, -0.2) is 47.1 Å². The molecule has 3 aromatic carbocycles. The van der Waals surface area contributed by atoms with Crippen molar-refractivity contribution in [1.29, 1.82) is 0 Å². The van der Waals surface area contributed by atoms with Crippen LogP contribution in [0.4, 0.5) is 0 Å². The van der Waals surface area contributed by atoms with E-state index in [9.17, 15) is 0 Å². The van der Waals surface area contributed by atoms with E-state index in [1.165, 1.54) is 0 Å². The fourth-order valence-electron chi connectivity index (χ4n) is 5.04. The Labute approximate surface area is 341 Å². The Balaban J connectivity index is 0.000000253. The van der Waals surface area contributed by atoms with Crippen LogP contribution < -0.4 is 37.3 Å². The molecule has 9 aromatic rings. The van der Waals surface area contributed by atoms with Crippen molar-refractivity contribution in [2.75, 3.05) is 6.61 Å². The van der Waals surface area contributed by atoms with Crippen molar-refractivity contribution >= 4 is 65.4 Å². The summed E-state index contributed by atoms with van der Waals surface area (Å²) in [6.45, 7) is 1.93. The van der Waals surface area contributed by atoms with Gasteiger partial charge in [-0.3, -0.25) is 29.9 Å². The van der Waals surface area contributed by atoms with E-state index in [-0.39, 0.29) is 31.6 Å². The van der Waals surface area contributed by atoms with E-state index in [0.717, 1.165) is 65.4 Å². The second-order valence-corrected chi connectivity index (χ2v) is 12.2. The molecule has 9 rings (SSSR count). The first-order valence-electron chi connectivity index (χ1n) is 15.9. The Morgan fingerprint density at radius 2 is 0.491 bits per heavy atom. The Kier molecular flexibility index (Phi) is 19.6. The third kappa shape index (κ3) is 15.8. The summed E-state index contributed by atoms with van der Waals surface area (Å²) >= 11 is 0. The maximum Gasteiger partial charge on any atom is 2.00 e. The van der Waals surface area contributed by atoms with Gasteiger partial charge in [-0.15, -0.1) is 20.5 Å². The van der Waals surface area contributed by atoms with E-state index in [4.69, 9.17) is 42.4 Å². The molecule has 6 heterocycles. The molecular formula is C38H32Cl2N6O10Zn. The number of hydrogen-bond donors (Lipinski definition) is 1. The van der Waals surface area contributed by atoms with Gasteiger partial charge < -0.3 is 10.6 Å². The van der Waals surface area contributed by atoms with Gasteiger partial charge in [-0.25, -0.2) is 37.3 Å². The molecule has 0 amide bonds. The number of rotatable bonds is 0. The standard InChI is InChI=1S/3C12H8N2.C2H6O.2ClHO4.H2O.Zn/c3*1-3-9-5-6-10-4-2-8-14-12(10)11(9)13-7-1;1-2-3;2*2-1(3,4)5;;/h3*1-8H;3H,2H2,1H3;2*(H,2,3,4,5);1H2;/q;;;;;;;+2/p-2. The molecule has 6 aromatic heterocycles. The number of benzene rings is 3. The molecule has 0 unspecified atom stereocenters. The monoisotopic (exact) mass is 866 g/mol. The smallest absolute Gasteiger partial charge is 0.412 e. The molecule has 3 N–H and O–H groups in total. The molecule has 0 atom stereocenters. The maximum atomic E-state index is 8.49. The number of aliphatic hydroxyl groups excluding tert-OH is 1. The predicted octanol–water partition coefficient (Wildman–Crippen LogP) is -1.99. The van der Waals surface area contributed by atoms with E-state index in [1.807, 2.05) is 36.4 Å². The summed E-state index contributed by atoms with van der Waals surface area (Å²) < 4.78 is 67.9. The molecule has 0 fully saturated rings. The first-order valence-corrected chi connectivity index (χ1v) is 18.3. The fourth-order valence-corrected chi connectivity index (χ4v) is 5.04. The van der Waals surface area contributed by atoms with Crippen LogP contribution in [0.1, 0.15) is 6.92 Å². The fraction of sp³-hybridized carbons (Fsp3) is 0.0526. The summed E-state index contributed by atoms with van der Waals surface area (Å²) in [7, 11) is -9.89. The Bertz CT molecular complexity index is 2150. The van der Waals surface area contributed by atoms with E-state index in [2.05, 4.69) is 103 Å². The van der Waals surface area contributed by atoms with Crippen LogP contribution in [0.3, 0.4) is 0 Å². The summed E-state index contributed by atoms with van der Waals surface area (Å²) in [5.41, 5.74) is 5.86. The van der Waals surface area contributed by atoms with E-state index >= 15 is 0 Å². The summed E-state index contributed by atoms with van der Waals surface area (Å²) in [4.78, 5) is 26.1. The van der Waals surface area contributed by atoms with Crippen molar-refractivity contribution in [3.8, 4) is 0 Å². The van der Waals surface area contributed by atoms with Crippen LogP contribution >= 0.6 is 0 Å². The number of hydrogen-bond acceptors (Lipinski definition) is 15. The second kappa shape index (κ2) is 23.2. The number of halogens is 2. The molecule has 290 valence electrons. The zero-order chi connectivity index (χ0) is 39.8. The molecule has 57 heavy (non-hydrogen) atoms. The van der Waals surface area contributed by atoms with E-state index in [1.54, 1.807) is 44.1 Å². The normalized spacial score (nSPS) is 10.4. The summed E-state index contributed by atoms with van der Waals surface area (Å²) in [6, 6.07) is 36.4. The van der Waals surface area contributed by atoms with Crippen LogP contribution in [0.15, 0.2) is 146 Å². The Morgan fingerprint density at radius 1 is 0.368 bits per heavy atom. The van der Waals surface area contributed by atoms with Gasteiger partial charge in [0.1, 0.15) is 0 Å². The van der Waals surface area contributed by atoms with Crippen LogP contribution in [-0.2, 0) is 19.5 Å². The molecule has 0 bridgehead atoms. The minimum Gasteiger partial charge on any atom is -0.412 e. The van der Waals surface area contributed by atoms with Gasteiger partial charge in [0.25, 0.3) is 0 Å². The largest absolute Gasteiger partial charge is 2.00 e. The quantitative estimate of drug-likeness (QED) is 0.127. The van der Waals surface area contributed by atoms with Gasteiger partial charge in [0.05, 0.1) is 33.1 Å². The molecule has 0 saturated heterocycles. The van der Waals surface area contributed by atoms with Crippen molar-refractivity contribution in [3.05, 3.63) is 146 Å². The second-order valence-electron chi connectivity index (χ2n) is 10.7. The molecule has 0 aliphatic rings. The summed E-state index contributed by atoms with van der Waals surface area (Å²) in [5.74, 6) is 0. The van der Waals surface area contributed by atoms with Crippen molar-refractivity contribution in [1.82, 2.24) is 29.9 Å². The third-order valence-corrected chi connectivity index (χ3v) is 7.03. The molecule has 0 radical (unpaired) electrons. The van der Waals surface area contributed by atoms with Crippen LogP contribution in [0.2, 0.25) is 0 Å². The minimum atomic E-state index is -4.94. The van der Waals surface area contributed by atoms with E-state index < -0.39 is 20.5 Å². The number of fused-ring (bicyclic) bond motifs is 9. The maximum absolute atomic E-state index is 8.49. The van der Waals surface area contributed by atoms with Crippen molar-refractivity contribution in [2.24, 2.45) is 0 Å². The van der Waals surface area contributed by atoms with Crippen LogP contribution in [0.25, 0.3) is 65.4 Å². The number of aliphatic hydroxyl groups is 1. The Hall–Kier alpha value is -5.08. The molecule has 0 aliphatic heterocycles. The minimum absolute atomic E-state index is 0. The topological polar surface area (TPSA) is 314 Å². The number of pyridine rings is 6. The first kappa shape index (κ1) is 48.1. The van der Waals surface area contributed by atoms with Gasteiger partial charge in [0.15, 0.2) is 0 Å². The number of nitrogens with zero attached hydrogens (tertiary/aromatic N) is 6. The molecule has 0 saturated carbocycles. The van der Waals surface area contributed by atoms with Gasteiger partial charge in [-0.1, -0.05) is 72.8 Å². The van der Waals surface area contributed by atoms with Crippen LogP contribution in [0, 0.1) is 20.5 Å². The van der Waals surface area contributed by atoms with E-state index in [0.29, 0.717) is 0 Å². The van der Waals surface area contributed by atoms with Gasteiger partial charge in [0, 0.05) is 76.1 Å². The Morgan fingerprint density at radius 3 is 0.614 bits per heavy atom. The molecule has 19 heteroatoms.